The normalized spacial score (nSPS) is 19.3. The van der Waals surface area contributed by atoms with E-state index in [0.717, 1.165) is 12.7 Å². The number of carboxylic acid groups (broad SMARTS) is 1. The number of amides is 1. The Morgan fingerprint density at radius 2 is 2.00 bits per heavy atom. The van der Waals surface area contributed by atoms with Gasteiger partial charge in [-0.25, -0.2) is 13.2 Å². The minimum absolute atomic E-state index is 0.138. The Balaban J connectivity index is 2.63. The van der Waals surface area contributed by atoms with Crippen LogP contribution in [0.1, 0.15) is 25.7 Å². The summed E-state index contributed by atoms with van der Waals surface area (Å²) in [6.45, 7) is 0.178. The first kappa shape index (κ1) is 15.9. The first-order valence-electron chi connectivity index (χ1n) is 6.12. The molecule has 0 spiro atoms. The lowest BCUT2D eigenvalue weighted by molar-refractivity contribution is -0.145. The molecule has 4 N–H and O–H groups in total. The Labute approximate surface area is 112 Å². The molecule has 1 atom stereocenters. The quantitative estimate of drug-likeness (QED) is 0.559. The van der Waals surface area contributed by atoms with Crippen molar-refractivity contribution in [2.24, 2.45) is 11.1 Å². The van der Waals surface area contributed by atoms with E-state index in [4.69, 9.17) is 10.8 Å². The van der Waals surface area contributed by atoms with E-state index in [1.54, 1.807) is 0 Å². The molecule has 0 radical (unpaired) electrons. The molecule has 1 saturated carbocycles. The van der Waals surface area contributed by atoms with Crippen molar-refractivity contribution in [3.05, 3.63) is 0 Å². The Bertz CT molecular complexity index is 450. The second-order valence-corrected chi connectivity index (χ2v) is 7.38. The fraction of sp³-hybridized carbons (Fsp3) is 0.818. The zero-order chi connectivity index (χ0) is 14.7. The standard InChI is InChI=1S/C11H20N2O5S/c1-19(17,18)6-3-8(9(14)15)13-10(16)11(7-12)4-2-5-11/h8H,2-7,12H2,1H3,(H,13,16)(H,14,15). The predicted octanol–water partition coefficient (Wildman–Crippen LogP) is -0.880. The smallest absolute Gasteiger partial charge is 0.326 e. The van der Waals surface area contributed by atoms with Crippen molar-refractivity contribution in [3.8, 4) is 0 Å². The highest BCUT2D eigenvalue weighted by atomic mass is 32.2. The molecule has 1 aliphatic rings. The van der Waals surface area contributed by atoms with E-state index < -0.39 is 27.3 Å². The number of sulfone groups is 1. The van der Waals surface area contributed by atoms with E-state index in [9.17, 15) is 18.0 Å². The van der Waals surface area contributed by atoms with Crippen molar-refractivity contribution in [2.45, 2.75) is 31.7 Å². The van der Waals surface area contributed by atoms with Gasteiger partial charge in [0.05, 0.1) is 11.2 Å². The highest BCUT2D eigenvalue weighted by Gasteiger charge is 2.43. The maximum Gasteiger partial charge on any atom is 0.326 e. The van der Waals surface area contributed by atoms with Gasteiger partial charge < -0.3 is 16.2 Å². The van der Waals surface area contributed by atoms with Crippen LogP contribution in [0.15, 0.2) is 0 Å². The molecule has 19 heavy (non-hydrogen) atoms. The third-order valence-corrected chi connectivity index (χ3v) is 4.54. The van der Waals surface area contributed by atoms with E-state index in [2.05, 4.69) is 5.32 Å². The molecular weight excluding hydrogens is 272 g/mol. The van der Waals surface area contributed by atoms with Gasteiger partial charge in [0.1, 0.15) is 15.9 Å². The minimum atomic E-state index is -3.26. The average molecular weight is 292 g/mol. The Morgan fingerprint density at radius 1 is 1.42 bits per heavy atom. The van der Waals surface area contributed by atoms with Crippen LogP contribution in [-0.4, -0.2) is 50.0 Å². The maximum atomic E-state index is 12.0. The molecule has 7 nitrogen and oxygen atoms in total. The lowest BCUT2D eigenvalue weighted by Gasteiger charge is -2.39. The number of carboxylic acids is 1. The fourth-order valence-corrected chi connectivity index (χ4v) is 2.69. The van der Waals surface area contributed by atoms with Crippen molar-refractivity contribution in [3.63, 3.8) is 0 Å². The molecule has 1 rings (SSSR count). The monoisotopic (exact) mass is 292 g/mol. The summed E-state index contributed by atoms with van der Waals surface area (Å²) in [5.74, 6) is -1.90. The number of aliphatic carboxylic acids is 1. The average Bonchev–Trinajstić information content (AvgIpc) is 2.21. The maximum absolute atomic E-state index is 12.0. The SMILES string of the molecule is CS(=O)(=O)CCC(NC(=O)C1(CN)CCC1)C(=O)O. The van der Waals surface area contributed by atoms with Crippen molar-refractivity contribution in [2.75, 3.05) is 18.6 Å². The summed E-state index contributed by atoms with van der Waals surface area (Å²) in [6.07, 6.45) is 3.08. The third-order valence-electron chi connectivity index (χ3n) is 3.56. The molecule has 0 saturated heterocycles. The van der Waals surface area contributed by atoms with Gasteiger partial charge in [0.25, 0.3) is 0 Å². The first-order valence-corrected chi connectivity index (χ1v) is 8.18. The van der Waals surface area contributed by atoms with Crippen LogP contribution in [-0.2, 0) is 19.4 Å². The molecule has 8 heteroatoms. The Hall–Kier alpha value is -1.15. The molecule has 1 amide bonds. The van der Waals surface area contributed by atoms with Crippen molar-refractivity contribution in [1.82, 2.24) is 5.32 Å². The molecular formula is C11H20N2O5S. The van der Waals surface area contributed by atoms with Gasteiger partial charge in [-0.1, -0.05) is 6.42 Å². The molecule has 110 valence electrons. The zero-order valence-electron chi connectivity index (χ0n) is 10.9. The van der Waals surface area contributed by atoms with Gasteiger partial charge in [-0.3, -0.25) is 4.79 Å². The number of nitrogens with one attached hydrogen (secondary N) is 1. The number of hydrogen-bond donors (Lipinski definition) is 3. The van der Waals surface area contributed by atoms with Gasteiger partial charge in [0, 0.05) is 12.8 Å². The van der Waals surface area contributed by atoms with Crippen LogP contribution >= 0.6 is 0 Å². The molecule has 0 aromatic rings. The molecule has 0 bridgehead atoms. The van der Waals surface area contributed by atoms with Crippen LogP contribution in [0.5, 0.6) is 0 Å². The summed E-state index contributed by atoms with van der Waals surface area (Å²) in [5, 5.41) is 11.4. The van der Waals surface area contributed by atoms with Crippen molar-refractivity contribution < 1.29 is 23.1 Å². The lowest BCUT2D eigenvalue weighted by atomic mass is 9.68. The second-order valence-electron chi connectivity index (χ2n) is 5.12. The Morgan fingerprint density at radius 3 is 2.32 bits per heavy atom. The lowest BCUT2D eigenvalue weighted by Crippen LogP contribution is -2.54. The summed E-state index contributed by atoms with van der Waals surface area (Å²) < 4.78 is 22.1. The third kappa shape index (κ3) is 4.17. The van der Waals surface area contributed by atoms with E-state index in [0.29, 0.717) is 12.8 Å². The molecule has 1 aliphatic carbocycles. The van der Waals surface area contributed by atoms with E-state index in [-0.39, 0.29) is 24.6 Å². The molecule has 0 aromatic heterocycles. The van der Waals surface area contributed by atoms with Gasteiger partial charge in [0.2, 0.25) is 5.91 Å². The van der Waals surface area contributed by atoms with Crippen LogP contribution in [0.4, 0.5) is 0 Å². The summed E-state index contributed by atoms with van der Waals surface area (Å²) >= 11 is 0. The van der Waals surface area contributed by atoms with E-state index >= 15 is 0 Å². The van der Waals surface area contributed by atoms with Gasteiger partial charge in [-0.15, -0.1) is 0 Å². The number of rotatable bonds is 7. The van der Waals surface area contributed by atoms with Crippen LogP contribution in [0.2, 0.25) is 0 Å². The molecule has 1 unspecified atom stereocenters. The van der Waals surface area contributed by atoms with Gasteiger partial charge >= 0.3 is 5.97 Å². The van der Waals surface area contributed by atoms with Crippen LogP contribution in [0.3, 0.4) is 0 Å². The molecule has 0 heterocycles. The van der Waals surface area contributed by atoms with Crippen LogP contribution in [0, 0.1) is 5.41 Å². The Kier molecular flexibility index (Phi) is 4.92. The number of carbonyl (C=O) groups excluding carboxylic acids is 1. The largest absolute Gasteiger partial charge is 0.480 e. The van der Waals surface area contributed by atoms with Crippen molar-refractivity contribution >= 4 is 21.7 Å². The number of hydrogen-bond acceptors (Lipinski definition) is 5. The number of carbonyl (C=O) groups is 2. The summed E-state index contributed by atoms with van der Waals surface area (Å²) in [4.78, 5) is 23.0. The van der Waals surface area contributed by atoms with Gasteiger partial charge in [-0.05, 0) is 19.3 Å². The van der Waals surface area contributed by atoms with Crippen molar-refractivity contribution in [1.29, 1.82) is 0 Å². The minimum Gasteiger partial charge on any atom is -0.480 e. The van der Waals surface area contributed by atoms with E-state index in [1.165, 1.54) is 0 Å². The number of nitrogens with two attached hydrogens (primary N) is 1. The van der Waals surface area contributed by atoms with Gasteiger partial charge in [-0.2, -0.15) is 0 Å². The highest BCUT2D eigenvalue weighted by Crippen LogP contribution is 2.40. The molecule has 0 aliphatic heterocycles. The predicted molar refractivity (Wildman–Crippen MR) is 69.2 cm³/mol. The molecule has 0 aromatic carbocycles. The first-order chi connectivity index (χ1) is 8.70. The summed E-state index contributed by atoms with van der Waals surface area (Å²) in [7, 11) is -3.26. The second kappa shape index (κ2) is 5.87. The summed E-state index contributed by atoms with van der Waals surface area (Å²) in [5.41, 5.74) is 4.89. The molecule has 1 fully saturated rings. The van der Waals surface area contributed by atoms with E-state index in [1.807, 2.05) is 0 Å². The topological polar surface area (TPSA) is 127 Å². The van der Waals surface area contributed by atoms with Crippen LogP contribution in [0.25, 0.3) is 0 Å². The highest BCUT2D eigenvalue weighted by molar-refractivity contribution is 7.90. The van der Waals surface area contributed by atoms with Crippen LogP contribution < -0.4 is 11.1 Å². The van der Waals surface area contributed by atoms with Gasteiger partial charge in [0.15, 0.2) is 0 Å². The zero-order valence-corrected chi connectivity index (χ0v) is 11.7. The fourth-order valence-electron chi connectivity index (χ4n) is 2.03. The summed E-state index contributed by atoms with van der Waals surface area (Å²) in [6, 6.07) is -1.19.